The zero-order chi connectivity index (χ0) is 14.0. The molecule has 1 aliphatic heterocycles. The molecule has 7 nitrogen and oxygen atoms in total. The van der Waals surface area contributed by atoms with E-state index in [0.717, 1.165) is 0 Å². The number of hydrogen-bond donors (Lipinski definition) is 2. The SMILES string of the molecule is CC1(C)CN(C(=O)Cn2cc(N)cn2)CC(CO)O1. The van der Waals surface area contributed by atoms with Gasteiger partial charge in [-0.1, -0.05) is 0 Å². The van der Waals surface area contributed by atoms with Crippen molar-refractivity contribution in [2.75, 3.05) is 25.4 Å². The number of nitrogens with two attached hydrogens (primary N) is 1. The van der Waals surface area contributed by atoms with Crippen LogP contribution in [0.25, 0.3) is 0 Å². The first kappa shape index (κ1) is 13.8. The maximum atomic E-state index is 12.2. The van der Waals surface area contributed by atoms with Crippen molar-refractivity contribution >= 4 is 11.6 Å². The Balaban J connectivity index is 2.01. The molecule has 0 radical (unpaired) electrons. The number of nitrogen functional groups attached to an aromatic ring is 1. The van der Waals surface area contributed by atoms with Crippen LogP contribution in [-0.2, 0) is 16.1 Å². The van der Waals surface area contributed by atoms with Gasteiger partial charge in [0, 0.05) is 19.3 Å². The summed E-state index contributed by atoms with van der Waals surface area (Å²) in [6.45, 7) is 4.75. The maximum absolute atomic E-state index is 12.2. The fourth-order valence-corrected chi connectivity index (χ4v) is 2.29. The molecule has 7 heteroatoms. The van der Waals surface area contributed by atoms with E-state index < -0.39 is 5.60 Å². The van der Waals surface area contributed by atoms with Crippen LogP contribution >= 0.6 is 0 Å². The molecule has 1 unspecified atom stereocenters. The molecule has 1 saturated heterocycles. The van der Waals surface area contributed by atoms with Gasteiger partial charge in [-0.25, -0.2) is 0 Å². The van der Waals surface area contributed by atoms with Gasteiger partial charge in [0.15, 0.2) is 0 Å². The van der Waals surface area contributed by atoms with Gasteiger partial charge in [0.2, 0.25) is 5.91 Å². The van der Waals surface area contributed by atoms with Gasteiger partial charge >= 0.3 is 0 Å². The number of aliphatic hydroxyl groups is 1. The van der Waals surface area contributed by atoms with Gasteiger partial charge in [0.1, 0.15) is 6.54 Å². The van der Waals surface area contributed by atoms with Gasteiger partial charge < -0.3 is 20.5 Å². The summed E-state index contributed by atoms with van der Waals surface area (Å²) in [6, 6.07) is 0. The van der Waals surface area contributed by atoms with E-state index in [2.05, 4.69) is 5.10 Å². The van der Waals surface area contributed by atoms with E-state index in [0.29, 0.717) is 18.8 Å². The lowest BCUT2D eigenvalue weighted by Gasteiger charge is -2.42. The van der Waals surface area contributed by atoms with Crippen molar-refractivity contribution in [1.82, 2.24) is 14.7 Å². The third kappa shape index (κ3) is 3.45. The van der Waals surface area contributed by atoms with Crippen LogP contribution in [0.4, 0.5) is 5.69 Å². The van der Waals surface area contributed by atoms with Crippen molar-refractivity contribution in [2.24, 2.45) is 0 Å². The maximum Gasteiger partial charge on any atom is 0.244 e. The fraction of sp³-hybridized carbons (Fsp3) is 0.667. The van der Waals surface area contributed by atoms with Crippen LogP contribution in [0.15, 0.2) is 12.4 Å². The molecule has 0 saturated carbocycles. The van der Waals surface area contributed by atoms with Crippen LogP contribution in [0, 0.1) is 0 Å². The molecule has 2 heterocycles. The van der Waals surface area contributed by atoms with E-state index in [1.54, 1.807) is 11.1 Å². The lowest BCUT2D eigenvalue weighted by atomic mass is 10.1. The quantitative estimate of drug-likeness (QED) is 0.768. The molecule has 1 aliphatic rings. The monoisotopic (exact) mass is 268 g/mol. The Hall–Kier alpha value is -1.60. The Morgan fingerprint density at radius 2 is 2.42 bits per heavy atom. The van der Waals surface area contributed by atoms with Crippen LogP contribution in [0.2, 0.25) is 0 Å². The van der Waals surface area contributed by atoms with Crippen LogP contribution in [-0.4, -0.2) is 57.1 Å². The highest BCUT2D eigenvalue weighted by atomic mass is 16.5. The number of hydrogen-bond acceptors (Lipinski definition) is 5. The molecule has 19 heavy (non-hydrogen) atoms. The Morgan fingerprint density at radius 3 is 3.00 bits per heavy atom. The summed E-state index contributed by atoms with van der Waals surface area (Å²) < 4.78 is 7.18. The van der Waals surface area contributed by atoms with Gasteiger partial charge in [0.05, 0.1) is 30.2 Å². The topological polar surface area (TPSA) is 93.6 Å². The van der Waals surface area contributed by atoms with Crippen molar-refractivity contribution in [1.29, 1.82) is 0 Å². The van der Waals surface area contributed by atoms with E-state index in [9.17, 15) is 9.90 Å². The number of amides is 1. The molecule has 1 amide bonds. The summed E-state index contributed by atoms with van der Waals surface area (Å²) in [5.74, 6) is -0.0575. The largest absolute Gasteiger partial charge is 0.396 e. The molecule has 0 aliphatic carbocycles. The summed E-state index contributed by atoms with van der Waals surface area (Å²) in [5.41, 5.74) is 5.64. The molecule has 1 atom stereocenters. The first-order valence-corrected chi connectivity index (χ1v) is 6.24. The first-order valence-electron chi connectivity index (χ1n) is 6.24. The highest BCUT2D eigenvalue weighted by Crippen LogP contribution is 2.21. The molecular formula is C12H20N4O3. The van der Waals surface area contributed by atoms with Crippen LogP contribution in [0.1, 0.15) is 13.8 Å². The minimum Gasteiger partial charge on any atom is -0.396 e. The smallest absolute Gasteiger partial charge is 0.244 e. The second kappa shape index (κ2) is 5.18. The van der Waals surface area contributed by atoms with Crippen LogP contribution < -0.4 is 5.73 Å². The molecular weight excluding hydrogens is 248 g/mol. The fourth-order valence-electron chi connectivity index (χ4n) is 2.29. The molecule has 1 fully saturated rings. The minimum absolute atomic E-state index is 0.0575. The highest BCUT2D eigenvalue weighted by molar-refractivity contribution is 5.76. The molecule has 106 valence electrons. The van der Waals surface area contributed by atoms with E-state index in [-0.39, 0.29) is 25.2 Å². The Bertz CT molecular complexity index is 458. The number of rotatable bonds is 3. The van der Waals surface area contributed by atoms with Gasteiger partial charge in [-0.15, -0.1) is 0 Å². The summed E-state index contributed by atoms with van der Waals surface area (Å²) >= 11 is 0. The van der Waals surface area contributed by atoms with Gasteiger partial charge in [-0.2, -0.15) is 5.10 Å². The predicted octanol–water partition coefficient (Wildman–Crippen LogP) is -0.536. The van der Waals surface area contributed by atoms with Crippen molar-refractivity contribution in [3.8, 4) is 0 Å². The van der Waals surface area contributed by atoms with Gasteiger partial charge in [0.25, 0.3) is 0 Å². The molecule has 3 N–H and O–H groups in total. The highest BCUT2D eigenvalue weighted by Gasteiger charge is 2.35. The number of aromatic nitrogens is 2. The number of carbonyl (C=O) groups excluding carboxylic acids is 1. The Kier molecular flexibility index (Phi) is 3.77. The number of carbonyl (C=O) groups is 1. The molecule has 0 aromatic carbocycles. The average Bonchev–Trinajstić information content (AvgIpc) is 2.72. The average molecular weight is 268 g/mol. The zero-order valence-corrected chi connectivity index (χ0v) is 11.2. The van der Waals surface area contributed by atoms with Crippen LogP contribution in [0.5, 0.6) is 0 Å². The second-order valence-electron chi connectivity index (χ2n) is 5.43. The normalized spacial score (nSPS) is 22.5. The van der Waals surface area contributed by atoms with Crippen molar-refractivity contribution in [2.45, 2.75) is 32.1 Å². The standard InChI is InChI=1S/C12H20N4O3/c1-12(2)8-15(5-10(7-17)19-12)11(18)6-16-4-9(13)3-14-16/h3-4,10,17H,5-8,13H2,1-2H3. The summed E-state index contributed by atoms with van der Waals surface area (Å²) in [7, 11) is 0. The Morgan fingerprint density at radius 1 is 1.68 bits per heavy atom. The number of morpholine rings is 1. The number of nitrogens with zero attached hydrogens (tertiary/aromatic N) is 3. The molecule has 2 rings (SSSR count). The van der Waals surface area contributed by atoms with E-state index >= 15 is 0 Å². The third-order valence-corrected chi connectivity index (χ3v) is 2.99. The molecule has 1 aromatic rings. The van der Waals surface area contributed by atoms with Crippen molar-refractivity contribution in [3.05, 3.63) is 12.4 Å². The first-order chi connectivity index (χ1) is 8.89. The van der Waals surface area contributed by atoms with E-state index in [1.807, 2.05) is 13.8 Å². The number of aliphatic hydroxyl groups excluding tert-OH is 1. The van der Waals surface area contributed by atoms with Crippen LogP contribution in [0.3, 0.4) is 0 Å². The number of ether oxygens (including phenoxy) is 1. The lowest BCUT2D eigenvalue weighted by molar-refractivity contribution is -0.167. The zero-order valence-electron chi connectivity index (χ0n) is 11.2. The number of anilines is 1. The third-order valence-electron chi connectivity index (χ3n) is 2.99. The summed E-state index contributed by atoms with van der Waals surface area (Å²) in [5, 5.41) is 13.2. The lowest BCUT2D eigenvalue weighted by Crippen LogP contribution is -2.56. The molecule has 1 aromatic heterocycles. The Labute approximate surface area is 111 Å². The van der Waals surface area contributed by atoms with Crippen molar-refractivity contribution in [3.63, 3.8) is 0 Å². The molecule has 0 spiro atoms. The van der Waals surface area contributed by atoms with Gasteiger partial charge in [-0.05, 0) is 13.8 Å². The van der Waals surface area contributed by atoms with Crippen molar-refractivity contribution < 1.29 is 14.6 Å². The molecule has 0 bridgehead atoms. The minimum atomic E-state index is -0.454. The predicted molar refractivity (Wildman–Crippen MR) is 69.3 cm³/mol. The van der Waals surface area contributed by atoms with Gasteiger partial charge in [-0.3, -0.25) is 9.48 Å². The summed E-state index contributed by atoms with van der Waals surface area (Å²) in [4.78, 5) is 13.9. The second-order valence-corrected chi connectivity index (χ2v) is 5.43. The van der Waals surface area contributed by atoms with E-state index in [1.165, 1.54) is 10.9 Å². The van der Waals surface area contributed by atoms with E-state index in [4.69, 9.17) is 10.5 Å². The summed E-state index contributed by atoms with van der Waals surface area (Å²) in [6.07, 6.45) is 2.79.